The SMILES string of the molecule is CCC(=O)N1CCCN(C(=O)C2(N)CCOCC2)CC1. The molecule has 0 unspecified atom stereocenters. The molecule has 2 saturated heterocycles. The number of hydrogen-bond donors (Lipinski definition) is 1. The first-order chi connectivity index (χ1) is 9.57. The molecule has 2 N–H and O–H groups in total. The lowest BCUT2D eigenvalue weighted by Gasteiger charge is -2.36. The van der Waals surface area contributed by atoms with E-state index in [1.807, 2.05) is 16.7 Å². The summed E-state index contributed by atoms with van der Waals surface area (Å²) in [6, 6.07) is 0. The van der Waals surface area contributed by atoms with Crippen LogP contribution in [-0.2, 0) is 14.3 Å². The maximum Gasteiger partial charge on any atom is 0.242 e. The maximum atomic E-state index is 12.6. The molecule has 114 valence electrons. The van der Waals surface area contributed by atoms with Crippen LogP contribution in [-0.4, -0.2) is 66.5 Å². The second kappa shape index (κ2) is 6.54. The lowest BCUT2D eigenvalue weighted by Crippen LogP contribution is -2.58. The summed E-state index contributed by atoms with van der Waals surface area (Å²) in [4.78, 5) is 28.0. The van der Waals surface area contributed by atoms with Gasteiger partial charge < -0.3 is 20.3 Å². The van der Waals surface area contributed by atoms with Crippen molar-refractivity contribution in [2.75, 3.05) is 39.4 Å². The molecule has 0 bridgehead atoms. The Morgan fingerprint density at radius 3 is 2.35 bits per heavy atom. The Bertz CT molecular complexity index is 367. The van der Waals surface area contributed by atoms with Gasteiger partial charge in [0, 0.05) is 45.8 Å². The fourth-order valence-corrected chi connectivity index (χ4v) is 2.86. The van der Waals surface area contributed by atoms with Crippen LogP contribution in [0, 0.1) is 0 Å². The van der Waals surface area contributed by atoms with E-state index in [1.165, 1.54) is 0 Å². The van der Waals surface area contributed by atoms with Crippen molar-refractivity contribution < 1.29 is 14.3 Å². The lowest BCUT2D eigenvalue weighted by atomic mass is 9.89. The number of nitrogens with two attached hydrogens (primary N) is 1. The summed E-state index contributed by atoms with van der Waals surface area (Å²) in [5.41, 5.74) is 5.48. The highest BCUT2D eigenvalue weighted by atomic mass is 16.5. The highest BCUT2D eigenvalue weighted by Crippen LogP contribution is 2.21. The van der Waals surface area contributed by atoms with E-state index in [9.17, 15) is 9.59 Å². The van der Waals surface area contributed by atoms with Gasteiger partial charge in [0.1, 0.15) is 0 Å². The average molecular weight is 283 g/mol. The first-order valence-corrected chi connectivity index (χ1v) is 7.50. The van der Waals surface area contributed by atoms with Crippen molar-refractivity contribution in [2.45, 2.75) is 38.1 Å². The first kappa shape index (κ1) is 15.3. The minimum atomic E-state index is -0.776. The summed E-state index contributed by atoms with van der Waals surface area (Å²) in [7, 11) is 0. The smallest absolute Gasteiger partial charge is 0.242 e. The predicted molar refractivity (Wildman–Crippen MR) is 75.0 cm³/mol. The van der Waals surface area contributed by atoms with Crippen molar-refractivity contribution in [1.29, 1.82) is 0 Å². The van der Waals surface area contributed by atoms with E-state index in [1.54, 1.807) is 0 Å². The molecule has 6 nitrogen and oxygen atoms in total. The Hall–Kier alpha value is -1.14. The molecular formula is C14H25N3O3. The van der Waals surface area contributed by atoms with Crippen LogP contribution in [0.1, 0.15) is 32.6 Å². The zero-order valence-corrected chi connectivity index (χ0v) is 12.3. The molecule has 0 aromatic heterocycles. The van der Waals surface area contributed by atoms with Gasteiger partial charge in [0.25, 0.3) is 0 Å². The van der Waals surface area contributed by atoms with Crippen LogP contribution in [0.4, 0.5) is 0 Å². The van der Waals surface area contributed by atoms with Crippen LogP contribution in [0.5, 0.6) is 0 Å². The molecule has 2 amide bonds. The van der Waals surface area contributed by atoms with E-state index >= 15 is 0 Å². The van der Waals surface area contributed by atoms with Crippen molar-refractivity contribution in [3.05, 3.63) is 0 Å². The number of carbonyl (C=O) groups excluding carboxylic acids is 2. The number of nitrogens with zero attached hydrogens (tertiary/aromatic N) is 2. The minimum absolute atomic E-state index is 0.0200. The van der Waals surface area contributed by atoms with E-state index in [0.29, 0.717) is 52.1 Å². The summed E-state index contributed by atoms with van der Waals surface area (Å²) >= 11 is 0. The Morgan fingerprint density at radius 2 is 1.70 bits per heavy atom. The van der Waals surface area contributed by atoms with Crippen LogP contribution in [0.15, 0.2) is 0 Å². The zero-order valence-electron chi connectivity index (χ0n) is 12.3. The predicted octanol–water partition coefficient (Wildman–Crippen LogP) is -0.0348. The molecule has 2 rings (SSSR count). The van der Waals surface area contributed by atoms with E-state index in [-0.39, 0.29) is 11.8 Å². The molecule has 2 fully saturated rings. The quantitative estimate of drug-likeness (QED) is 0.772. The number of carbonyl (C=O) groups is 2. The van der Waals surface area contributed by atoms with E-state index in [0.717, 1.165) is 13.0 Å². The number of hydrogen-bond acceptors (Lipinski definition) is 4. The van der Waals surface area contributed by atoms with Gasteiger partial charge in [-0.1, -0.05) is 6.92 Å². The summed E-state index contributed by atoms with van der Waals surface area (Å²) < 4.78 is 5.29. The average Bonchev–Trinajstić information content (AvgIpc) is 2.72. The van der Waals surface area contributed by atoms with Crippen molar-refractivity contribution in [3.8, 4) is 0 Å². The topological polar surface area (TPSA) is 75.9 Å². The largest absolute Gasteiger partial charge is 0.381 e. The van der Waals surface area contributed by atoms with Gasteiger partial charge in [0.15, 0.2) is 0 Å². The second-order valence-electron chi connectivity index (χ2n) is 5.65. The zero-order chi connectivity index (χ0) is 14.6. The molecule has 6 heteroatoms. The summed E-state index contributed by atoms with van der Waals surface area (Å²) in [5, 5.41) is 0. The number of amides is 2. The third-order valence-corrected chi connectivity index (χ3v) is 4.25. The molecule has 0 aromatic rings. The van der Waals surface area contributed by atoms with E-state index in [4.69, 9.17) is 10.5 Å². The fourth-order valence-electron chi connectivity index (χ4n) is 2.86. The highest BCUT2D eigenvalue weighted by molar-refractivity contribution is 5.86. The molecule has 0 radical (unpaired) electrons. The van der Waals surface area contributed by atoms with Crippen LogP contribution in [0.2, 0.25) is 0 Å². The molecule has 0 saturated carbocycles. The van der Waals surface area contributed by atoms with Crippen LogP contribution < -0.4 is 5.73 Å². The molecule has 0 atom stereocenters. The van der Waals surface area contributed by atoms with Gasteiger partial charge in [-0.3, -0.25) is 9.59 Å². The summed E-state index contributed by atoms with van der Waals surface area (Å²) in [6.45, 7) is 5.60. The Labute approximate surface area is 120 Å². The molecule has 2 heterocycles. The Kier molecular flexibility index (Phi) is 4.99. The molecule has 2 aliphatic heterocycles. The van der Waals surface area contributed by atoms with Crippen LogP contribution in [0.25, 0.3) is 0 Å². The molecule has 0 aliphatic carbocycles. The molecule has 0 aromatic carbocycles. The van der Waals surface area contributed by atoms with Gasteiger partial charge in [0.05, 0.1) is 5.54 Å². The van der Waals surface area contributed by atoms with Gasteiger partial charge in [-0.2, -0.15) is 0 Å². The monoisotopic (exact) mass is 283 g/mol. The lowest BCUT2D eigenvalue weighted by molar-refractivity contribution is -0.141. The summed E-state index contributed by atoms with van der Waals surface area (Å²) in [5.74, 6) is 0.180. The van der Waals surface area contributed by atoms with Crippen molar-refractivity contribution in [2.24, 2.45) is 5.73 Å². The van der Waals surface area contributed by atoms with Crippen LogP contribution in [0.3, 0.4) is 0 Å². The van der Waals surface area contributed by atoms with Crippen LogP contribution >= 0.6 is 0 Å². The molecular weight excluding hydrogens is 258 g/mol. The third-order valence-electron chi connectivity index (χ3n) is 4.25. The Morgan fingerprint density at radius 1 is 1.10 bits per heavy atom. The fraction of sp³-hybridized carbons (Fsp3) is 0.857. The standard InChI is InChI=1S/C14H25N3O3/c1-2-12(18)16-6-3-7-17(9-8-16)13(19)14(15)4-10-20-11-5-14/h2-11,15H2,1H3. The first-order valence-electron chi connectivity index (χ1n) is 7.50. The van der Waals surface area contributed by atoms with Gasteiger partial charge >= 0.3 is 0 Å². The molecule has 0 spiro atoms. The van der Waals surface area contributed by atoms with Crippen molar-refractivity contribution in [1.82, 2.24) is 9.80 Å². The molecule has 2 aliphatic rings. The minimum Gasteiger partial charge on any atom is -0.381 e. The van der Waals surface area contributed by atoms with Gasteiger partial charge in [-0.25, -0.2) is 0 Å². The maximum absolute atomic E-state index is 12.6. The van der Waals surface area contributed by atoms with Gasteiger partial charge in [-0.05, 0) is 19.3 Å². The van der Waals surface area contributed by atoms with Crippen molar-refractivity contribution in [3.63, 3.8) is 0 Å². The van der Waals surface area contributed by atoms with Gasteiger partial charge in [0.2, 0.25) is 11.8 Å². The van der Waals surface area contributed by atoms with Gasteiger partial charge in [-0.15, -0.1) is 0 Å². The van der Waals surface area contributed by atoms with E-state index in [2.05, 4.69) is 0 Å². The summed E-state index contributed by atoms with van der Waals surface area (Å²) in [6.07, 6.45) is 2.51. The number of ether oxygens (including phenoxy) is 1. The third kappa shape index (κ3) is 3.30. The second-order valence-corrected chi connectivity index (χ2v) is 5.65. The highest BCUT2D eigenvalue weighted by Gasteiger charge is 2.39. The molecule has 20 heavy (non-hydrogen) atoms. The van der Waals surface area contributed by atoms with E-state index < -0.39 is 5.54 Å². The Balaban J connectivity index is 1.95. The number of rotatable bonds is 2. The normalized spacial score (nSPS) is 23.3. The van der Waals surface area contributed by atoms with Crippen molar-refractivity contribution >= 4 is 11.8 Å².